The Balaban J connectivity index is 1.90. The fraction of sp³-hybridized carbons (Fsp3) is 0.467. The van der Waals surface area contributed by atoms with Gasteiger partial charge in [-0.25, -0.2) is 0 Å². The van der Waals surface area contributed by atoms with Crippen LogP contribution in [-0.2, 0) is 9.59 Å². The van der Waals surface area contributed by atoms with Crippen molar-refractivity contribution in [3.8, 4) is 5.75 Å². The maximum atomic E-state index is 12.1. The zero-order valence-corrected chi connectivity index (χ0v) is 11.7. The number of para-hydroxylation sites is 1. The first-order valence-corrected chi connectivity index (χ1v) is 6.68. The summed E-state index contributed by atoms with van der Waals surface area (Å²) in [4.78, 5) is 24.7. The van der Waals surface area contributed by atoms with Gasteiger partial charge >= 0.3 is 5.97 Å². The molecule has 5 nitrogen and oxygen atoms in total. The number of aliphatic carboxylic acids is 1. The van der Waals surface area contributed by atoms with E-state index in [1.54, 1.807) is 4.90 Å². The minimum Gasteiger partial charge on any atom is -0.484 e. The highest BCUT2D eigenvalue weighted by atomic mass is 16.5. The number of hydrogen-bond acceptors (Lipinski definition) is 3. The second-order valence-corrected chi connectivity index (χ2v) is 5.27. The van der Waals surface area contributed by atoms with Crippen LogP contribution in [0, 0.1) is 18.8 Å². The van der Waals surface area contributed by atoms with Crippen LogP contribution in [-0.4, -0.2) is 41.6 Å². The van der Waals surface area contributed by atoms with E-state index in [1.165, 1.54) is 0 Å². The molecule has 2 unspecified atom stereocenters. The molecular weight excluding hydrogens is 258 g/mol. The molecule has 0 radical (unpaired) electrons. The van der Waals surface area contributed by atoms with Crippen molar-refractivity contribution in [2.75, 3.05) is 19.7 Å². The van der Waals surface area contributed by atoms with E-state index in [0.29, 0.717) is 12.3 Å². The molecule has 0 bridgehead atoms. The van der Waals surface area contributed by atoms with Crippen LogP contribution in [0.15, 0.2) is 24.3 Å². The predicted octanol–water partition coefficient (Wildman–Crippen LogP) is 1.55. The number of likely N-dealkylation sites (tertiary alicyclic amines) is 1. The Bertz CT molecular complexity index is 514. The summed E-state index contributed by atoms with van der Waals surface area (Å²) in [6.07, 6.45) is 0. The molecular formula is C15H19NO4. The second-order valence-electron chi connectivity index (χ2n) is 5.27. The van der Waals surface area contributed by atoms with Crippen LogP contribution < -0.4 is 4.74 Å². The Hall–Kier alpha value is -2.04. The Morgan fingerprint density at radius 3 is 2.65 bits per heavy atom. The SMILES string of the molecule is Cc1ccccc1OCC(=O)N1CC(C)C(C(=O)O)C1. The van der Waals surface area contributed by atoms with Gasteiger partial charge in [-0.15, -0.1) is 0 Å². The van der Waals surface area contributed by atoms with Gasteiger partial charge in [-0.2, -0.15) is 0 Å². The highest BCUT2D eigenvalue weighted by Gasteiger charge is 2.36. The molecule has 1 amide bonds. The van der Waals surface area contributed by atoms with Gasteiger partial charge in [0.15, 0.2) is 6.61 Å². The second kappa shape index (κ2) is 5.94. The summed E-state index contributed by atoms with van der Waals surface area (Å²) < 4.78 is 5.50. The minimum atomic E-state index is -0.840. The van der Waals surface area contributed by atoms with E-state index < -0.39 is 11.9 Å². The molecule has 1 saturated heterocycles. The third-order valence-corrected chi connectivity index (χ3v) is 3.73. The number of carbonyl (C=O) groups is 2. The van der Waals surface area contributed by atoms with Crippen molar-refractivity contribution in [1.29, 1.82) is 0 Å². The smallest absolute Gasteiger partial charge is 0.308 e. The maximum absolute atomic E-state index is 12.1. The number of benzene rings is 1. The monoisotopic (exact) mass is 277 g/mol. The number of carboxylic acids is 1. The molecule has 2 atom stereocenters. The zero-order chi connectivity index (χ0) is 14.7. The van der Waals surface area contributed by atoms with E-state index >= 15 is 0 Å². The van der Waals surface area contributed by atoms with Crippen LogP contribution >= 0.6 is 0 Å². The molecule has 1 aliphatic heterocycles. The third kappa shape index (κ3) is 3.10. The van der Waals surface area contributed by atoms with Gasteiger partial charge in [0, 0.05) is 13.1 Å². The van der Waals surface area contributed by atoms with Crippen molar-refractivity contribution in [3.05, 3.63) is 29.8 Å². The summed E-state index contributed by atoms with van der Waals surface area (Å²) in [5.74, 6) is -0.813. The van der Waals surface area contributed by atoms with Crippen LogP contribution in [0.4, 0.5) is 0 Å². The van der Waals surface area contributed by atoms with E-state index in [4.69, 9.17) is 9.84 Å². The summed E-state index contributed by atoms with van der Waals surface area (Å²) in [6, 6.07) is 7.49. The Labute approximate surface area is 118 Å². The molecule has 0 aromatic heterocycles. The number of aryl methyl sites for hydroxylation is 1. The molecule has 0 saturated carbocycles. The Kier molecular flexibility index (Phi) is 4.27. The molecule has 1 aromatic rings. The van der Waals surface area contributed by atoms with E-state index in [9.17, 15) is 9.59 Å². The first-order chi connectivity index (χ1) is 9.49. The van der Waals surface area contributed by atoms with Gasteiger partial charge in [0.1, 0.15) is 5.75 Å². The van der Waals surface area contributed by atoms with Crippen LogP contribution in [0.5, 0.6) is 5.75 Å². The molecule has 20 heavy (non-hydrogen) atoms. The third-order valence-electron chi connectivity index (χ3n) is 3.73. The lowest BCUT2D eigenvalue weighted by Gasteiger charge is -2.16. The van der Waals surface area contributed by atoms with Gasteiger partial charge in [0.05, 0.1) is 5.92 Å². The molecule has 1 N–H and O–H groups in total. The molecule has 1 heterocycles. The predicted molar refractivity (Wildman–Crippen MR) is 73.5 cm³/mol. The topological polar surface area (TPSA) is 66.8 Å². The molecule has 108 valence electrons. The fourth-order valence-electron chi connectivity index (χ4n) is 2.44. The normalized spacial score (nSPS) is 21.8. The standard InChI is InChI=1S/C15H19NO4/c1-10-5-3-4-6-13(10)20-9-14(17)16-7-11(2)12(8-16)15(18)19/h3-6,11-12H,7-9H2,1-2H3,(H,18,19). The first-order valence-electron chi connectivity index (χ1n) is 6.68. The van der Waals surface area contributed by atoms with Crippen molar-refractivity contribution < 1.29 is 19.4 Å². The summed E-state index contributed by atoms with van der Waals surface area (Å²) in [7, 11) is 0. The van der Waals surface area contributed by atoms with Crippen LogP contribution in [0.2, 0.25) is 0 Å². The average molecular weight is 277 g/mol. The number of carboxylic acid groups (broad SMARTS) is 1. The summed E-state index contributed by atoms with van der Waals surface area (Å²) >= 11 is 0. The van der Waals surface area contributed by atoms with Crippen molar-refractivity contribution in [2.45, 2.75) is 13.8 Å². The van der Waals surface area contributed by atoms with E-state index in [0.717, 1.165) is 5.56 Å². The molecule has 2 rings (SSSR count). The molecule has 1 aromatic carbocycles. The molecule has 0 spiro atoms. The van der Waals surface area contributed by atoms with Crippen LogP contribution in [0.3, 0.4) is 0 Å². The van der Waals surface area contributed by atoms with Gasteiger partial charge in [-0.3, -0.25) is 9.59 Å². The van der Waals surface area contributed by atoms with Crippen LogP contribution in [0.25, 0.3) is 0 Å². The summed E-state index contributed by atoms with van der Waals surface area (Å²) in [5, 5.41) is 9.06. The van der Waals surface area contributed by atoms with Gasteiger partial charge in [0.2, 0.25) is 0 Å². The molecule has 1 aliphatic rings. The lowest BCUT2D eigenvalue weighted by atomic mass is 9.99. The van der Waals surface area contributed by atoms with Crippen molar-refractivity contribution >= 4 is 11.9 Å². The lowest BCUT2D eigenvalue weighted by molar-refractivity contribution is -0.142. The minimum absolute atomic E-state index is 0.0186. The number of carbonyl (C=O) groups excluding carboxylic acids is 1. The first kappa shape index (κ1) is 14.4. The van der Waals surface area contributed by atoms with Crippen molar-refractivity contribution in [3.63, 3.8) is 0 Å². The van der Waals surface area contributed by atoms with Crippen molar-refractivity contribution in [1.82, 2.24) is 4.90 Å². The largest absolute Gasteiger partial charge is 0.484 e. The maximum Gasteiger partial charge on any atom is 0.308 e. The zero-order valence-electron chi connectivity index (χ0n) is 11.7. The summed E-state index contributed by atoms with van der Waals surface area (Å²) in [6.45, 7) is 4.47. The van der Waals surface area contributed by atoms with E-state index in [1.807, 2.05) is 38.1 Å². The molecule has 1 fully saturated rings. The van der Waals surface area contributed by atoms with Gasteiger partial charge in [0.25, 0.3) is 5.91 Å². The van der Waals surface area contributed by atoms with E-state index in [-0.39, 0.29) is 25.0 Å². The highest BCUT2D eigenvalue weighted by molar-refractivity contribution is 5.80. The Morgan fingerprint density at radius 2 is 2.05 bits per heavy atom. The summed E-state index contributed by atoms with van der Waals surface area (Å²) in [5.41, 5.74) is 0.971. The lowest BCUT2D eigenvalue weighted by Crippen LogP contribution is -2.33. The van der Waals surface area contributed by atoms with Gasteiger partial charge in [-0.05, 0) is 24.5 Å². The van der Waals surface area contributed by atoms with Gasteiger partial charge < -0.3 is 14.7 Å². The number of amides is 1. The van der Waals surface area contributed by atoms with Crippen molar-refractivity contribution in [2.24, 2.45) is 11.8 Å². The highest BCUT2D eigenvalue weighted by Crippen LogP contribution is 2.23. The number of hydrogen-bond donors (Lipinski definition) is 1. The number of ether oxygens (including phenoxy) is 1. The Morgan fingerprint density at radius 1 is 1.35 bits per heavy atom. The molecule has 5 heteroatoms. The molecule has 0 aliphatic carbocycles. The average Bonchev–Trinajstić information content (AvgIpc) is 2.80. The van der Waals surface area contributed by atoms with E-state index in [2.05, 4.69) is 0 Å². The quantitative estimate of drug-likeness (QED) is 0.906. The van der Waals surface area contributed by atoms with Gasteiger partial charge in [-0.1, -0.05) is 25.1 Å². The van der Waals surface area contributed by atoms with Crippen LogP contribution in [0.1, 0.15) is 12.5 Å². The number of rotatable bonds is 4. The fourth-order valence-corrected chi connectivity index (χ4v) is 2.44. The number of nitrogens with zero attached hydrogens (tertiary/aromatic N) is 1.